The Bertz CT molecular complexity index is 156. The average Bonchev–Trinajstić information content (AvgIpc) is 2.24. The quantitative estimate of drug-likeness (QED) is 0.480. The smallest absolute Gasteiger partial charge is 0.223 e. The van der Waals surface area contributed by atoms with E-state index in [-0.39, 0.29) is 11.8 Å². The van der Waals surface area contributed by atoms with E-state index in [9.17, 15) is 4.79 Å². The van der Waals surface area contributed by atoms with Crippen LogP contribution in [-0.4, -0.2) is 18.3 Å². The van der Waals surface area contributed by atoms with Crippen molar-refractivity contribution in [2.24, 2.45) is 5.92 Å². The first kappa shape index (κ1) is 14.8. The maximum Gasteiger partial charge on any atom is 0.223 e. The molecule has 0 saturated carbocycles. The van der Waals surface area contributed by atoms with Gasteiger partial charge in [0.15, 0.2) is 0 Å². The molecule has 90 valence electrons. The monoisotopic (exact) mass is 233 g/mol. The van der Waals surface area contributed by atoms with Crippen LogP contribution in [0.1, 0.15) is 52.4 Å². The Balaban J connectivity index is 3.70. The lowest BCUT2D eigenvalue weighted by Crippen LogP contribution is -2.31. The molecule has 0 aliphatic rings. The number of carbonyl (C=O) groups excluding carboxylic acids is 1. The van der Waals surface area contributed by atoms with Crippen molar-refractivity contribution < 1.29 is 4.79 Å². The van der Waals surface area contributed by atoms with Crippen molar-refractivity contribution in [2.75, 3.05) is 12.4 Å². The highest BCUT2D eigenvalue weighted by Gasteiger charge is 2.15. The number of hydrogen-bond acceptors (Lipinski definition) is 1. The van der Waals surface area contributed by atoms with Crippen LogP contribution in [0.4, 0.5) is 0 Å². The van der Waals surface area contributed by atoms with E-state index in [1.54, 1.807) is 0 Å². The fourth-order valence-electron chi connectivity index (χ4n) is 1.68. The molecule has 0 radical (unpaired) electrons. The summed E-state index contributed by atoms with van der Waals surface area (Å²) in [5.74, 6) is 1.13. The third-order valence-electron chi connectivity index (χ3n) is 2.50. The zero-order valence-corrected chi connectivity index (χ0v) is 10.8. The molecule has 0 spiro atoms. The van der Waals surface area contributed by atoms with Gasteiger partial charge in [-0.1, -0.05) is 26.7 Å². The van der Waals surface area contributed by atoms with Crippen LogP contribution < -0.4 is 5.32 Å². The summed E-state index contributed by atoms with van der Waals surface area (Å²) < 4.78 is 0. The molecule has 1 amide bonds. The molecule has 15 heavy (non-hydrogen) atoms. The number of nitrogens with one attached hydrogen (secondary N) is 1. The van der Waals surface area contributed by atoms with E-state index in [4.69, 9.17) is 11.6 Å². The van der Waals surface area contributed by atoms with Gasteiger partial charge >= 0.3 is 0 Å². The van der Waals surface area contributed by atoms with Crippen molar-refractivity contribution in [3.05, 3.63) is 0 Å². The van der Waals surface area contributed by atoms with E-state index in [0.717, 1.165) is 45.1 Å². The number of amides is 1. The molecule has 1 N–H and O–H groups in total. The number of hydrogen-bond donors (Lipinski definition) is 1. The summed E-state index contributed by atoms with van der Waals surface area (Å²) in [6, 6.07) is 0. The van der Waals surface area contributed by atoms with Crippen LogP contribution in [0.3, 0.4) is 0 Å². The van der Waals surface area contributed by atoms with Gasteiger partial charge in [-0.2, -0.15) is 0 Å². The molecule has 0 atom stereocenters. The molecule has 0 aromatic carbocycles. The van der Waals surface area contributed by atoms with Gasteiger partial charge in [0.2, 0.25) is 5.91 Å². The van der Waals surface area contributed by atoms with Crippen molar-refractivity contribution in [1.29, 1.82) is 0 Å². The van der Waals surface area contributed by atoms with E-state index < -0.39 is 0 Å². The molecular formula is C12H24ClNO. The Hall–Kier alpha value is -0.240. The lowest BCUT2D eigenvalue weighted by atomic mass is 9.97. The van der Waals surface area contributed by atoms with Crippen LogP contribution in [0.5, 0.6) is 0 Å². The molecule has 0 saturated heterocycles. The summed E-state index contributed by atoms with van der Waals surface area (Å²) in [5, 5.41) is 2.99. The van der Waals surface area contributed by atoms with Gasteiger partial charge in [0.05, 0.1) is 0 Å². The van der Waals surface area contributed by atoms with Crippen molar-refractivity contribution in [1.82, 2.24) is 5.32 Å². The second-order valence-electron chi connectivity index (χ2n) is 3.96. The fraction of sp³-hybridized carbons (Fsp3) is 0.917. The van der Waals surface area contributed by atoms with Crippen molar-refractivity contribution in [2.45, 2.75) is 52.4 Å². The number of rotatable bonds is 9. The van der Waals surface area contributed by atoms with Gasteiger partial charge in [-0.3, -0.25) is 4.79 Å². The first-order valence-corrected chi connectivity index (χ1v) is 6.63. The Morgan fingerprint density at radius 2 is 1.80 bits per heavy atom. The number of halogens is 1. The maximum absolute atomic E-state index is 11.7. The summed E-state index contributed by atoms with van der Waals surface area (Å²) in [6.45, 7) is 5.03. The maximum atomic E-state index is 11.7. The van der Waals surface area contributed by atoms with Crippen LogP contribution in [0.2, 0.25) is 0 Å². The minimum absolute atomic E-state index is 0.219. The number of unbranched alkanes of at least 4 members (excludes halogenated alkanes) is 1. The summed E-state index contributed by atoms with van der Waals surface area (Å²) in [4.78, 5) is 11.7. The molecular weight excluding hydrogens is 210 g/mol. The van der Waals surface area contributed by atoms with Crippen LogP contribution in [0.15, 0.2) is 0 Å². The topological polar surface area (TPSA) is 29.1 Å². The minimum atomic E-state index is 0.219. The van der Waals surface area contributed by atoms with Gasteiger partial charge in [0, 0.05) is 18.3 Å². The molecule has 3 heteroatoms. The Kier molecular flexibility index (Phi) is 10.1. The highest BCUT2D eigenvalue weighted by molar-refractivity contribution is 6.17. The molecule has 0 bridgehead atoms. The zero-order valence-electron chi connectivity index (χ0n) is 10.0. The molecule has 0 aromatic rings. The summed E-state index contributed by atoms with van der Waals surface area (Å²) >= 11 is 5.57. The molecule has 0 aromatic heterocycles. The number of alkyl halides is 1. The predicted molar refractivity (Wildman–Crippen MR) is 66.3 cm³/mol. The molecule has 2 nitrogen and oxygen atoms in total. The van der Waals surface area contributed by atoms with Gasteiger partial charge in [0.25, 0.3) is 0 Å². The van der Waals surface area contributed by atoms with Crippen molar-refractivity contribution in [3.63, 3.8) is 0 Å². The minimum Gasteiger partial charge on any atom is -0.356 e. The molecule has 0 aliphatic carbocycles. The zero-order chi connectivity index (χ0) is 11.5. The third-order valence-corrected chi connectivity index (χ3v) is 2.77. The average molecular weight is 234 g/mol. The lowest BCUT2D eigenvalue weighted by molar-refractivity contribution is -0.125. The van der Waals surface area contributed by atoms with E-state index in [1.807, 2.05) is 0 Å². The molecule has 0 aliphatic heterocycles. The molecule has 0 fully saturated rings. The largest absolute Gasteiger partial charge is 0.356 e. The van der Waals surface area contributed by atoms with E-state index in [2.05, 4.69) is 19.2 Å². The first-order valence-electron chi connectivity index (χ1n) is 6.09. The Morgan fingerprint density at radius 1 is 1.20 bits per heavy atom. The van der Waals surface area contributed by atoms with E-state index in [1.165, 1.54) is 0 Å². The Morgan fingerprint density at radius 3 is 2.27 bits per heavy atom. The summed E-state index contributed by atoms with van der Waals surface area (Å²) in [7, 11) is 0. The van der Waals surface area contributed by atoms with E-state index >= 15 is 0 Å². The number of carbonyl (C=O) groups is 1. The van der Waals surface area contributed by atoms with Crippen molar-refractivity contribution in [3.8, 4) is 0 Å². The highest BCUT2D eigenvalue weighted by atomic mass is 35.5. The van der Waals surface area contributed by atoms with Gasteiger partial charge < -0.3 is 5.32 Å². The van der Waals surface area contributed by atoms with Gasteiger partial charge in [0.1, 0.15) is 0 Å². The fourth-order valence-corrected chi connectivity index (χ4v) is 1.87. The van der Waals surface area contributed by atoms with E-state index in [0.29, 0.717) is 5.88 Å². The first-order chi connectivity index (χ1) is 7.26. The Labute approximate surface area is 98.8 Å². The highest BCUT2D eigenvalue weighted by Crippen LogP contribution is 2.13. The van der Waals surface area contributed by atoms with Gasteiger partial charge in [-0.25, -0.2) is 0 Å². The third kappa shape index (κ3) is 7.66. The SMILES string of the molecule is CCCC(CCC)C(=O)NCCCCCl. The molecule has 0 heterocycles. The molecule has 0 unspecified atom stereocenters. The van der Waals surface area contributed by atoms with Crippen LogP contribution in [0, 0.1) is 5.92 Å². The normalized spacial score (nSPS) is 10.7. The predicted octanol–water partition coefficient (Wildman–Crippen LogP) is 3.34. The lowest BCUT2D eigenvalue weighted by Gasteiger charge is -2.14. The second kappa shape index (κ2) is 10.3. The van der Waals surface area contributed by atoms with Gasteiger partial charge in [-0.15, -0.1) is 11.6 Å². The molecule has 0 rings (SSSR count). The van der Waals surface area contributed by atoms with Crippen LogP contribution >= 0.6 is 11.6 Å². The summed E-state index contributed by atoms with van der Waals surface area (Å²) in [6.07, 6.45) is 6.15. The van der Waals surface area contributed by atoms with Gasteiger partial charge in [-0.05, 0) is 25.7 Å². The van der Waals surface area contributed by atoms with Crippen LogP contribution in [0.25, 0.3) is 0 Å². The second-order valence-corrected chi connectivity index (χ2v) is 4.34. The standard InChI is InChI=1S/C12H24ClNO/c1-3-7-11(8-4-2)12(15)14-10-6-5-9-13/h11H,3-10H2,1-2H3,(H,14,15). The summed E-state index contributed by atoms with van der Waals surface area (Å²) in [5.41, 5.74) is 0. The van der Waals surface area contributed by atoms with Crippen LogP contribution in [-0.2, 0) is 4.79 Å². The van der Waals surface area contributed by atoms with Crippen molar-refractivity contribution >= 4 is 17.5 Å².